The van der Waals surface area contributed by atoms with Gasteiger partial charge in [-0.25, -0.2) is 9.97 Å². The molecule has 28 heavy (non-hydrogen) atoms. The van der Waals surface area contributed by atoms with Crippen molar-refractivity contribution in [3.05, 3.63) is 88.4 Å². The van der Waals surface area contributed by atoms with Crippen molar-refractivity contribution < 1.29 is 0 Å². The van der Waals surface area contributed by atoms with Gasteiger partial charge in [-0.1, -0.05) is 47.5 Å². The van der Waals surface area contributed by atoms with Gasteiger partial charge in [0, 0.05) is 21.0 Å². The number of benzene rings is 3. The lowest BCUT2D eigenvalue weighted by molar-refractivity contribution is 1.18. The summed E-state index contributed by atoms with van der Waals surface area (Å²) in [7, 11) is 0. The molecule has 1 N–H and O–H groups in total. The van der Waals surface area contributed by atoms with Gasteiger partial charge in [-0.15, -0.1) is 0 Å². The van der Waals surface area contributed by atoms with Gasteiger partial charge in [0.2, 0.25) is 0 Å². The lowest BCUT2D eigenvalue weighted by atomic mass is 10.1. The highest BCUT2D eigenvalue weighted by Gasteiger charge is 2.09. The van der Waals surface area contributed by atoms with Crippen LogP contribution in [0, 0.1) is 0 Å². The number of rotatable bonds is 4. The lowest BCUT2D eigenvalue weighted by Crippen LogP contribution is -2.03. The molecule has 0 bridgehead atoms. The molecule has 0 amide bonds. The maximum absolute atomic E-state index is 6.00. The van der Waals surface area contributed by atoms with Crippen LogP contribution in [-0.4, -0.2) is 15.7 Å². The Morgan fingerprint density at radius 2 is 1.46 bits per heavy atom. The van der Waals surface area contributed by atoms with E-state index in [0.29, 0.717) is 21.7 Å². The molecule has 0 aliphatic heterocycles. The largest absolute Gasteiger partial charge is 0.260 e. The van der Waals surface area contributed by atoms with E-state index in [1.54, 1.807) is 0 Å². The van der Waals surface area contributed by atoms with Crippen molar-refractivity contribution in [3.63, 3.8) is 0 Å². The molecule has 0 fully saturated rings. The molecular formula is C22H16Cl2N4. The molecule has 0 aliphatic rings. The number of nitrogens with zero attached hydrogens (tertiary/aromatic N) is 3. The quantitative estimate of drug-likeness (QED) is 0.313. The average molecular weight is 407 g/mol. The van der Waals surface area contributed by atoms with Crippen molar-refractivity contribution in [2.24, 2.45) is 5.10 Å². The molecule has 0 saturated heterocycles. The molecule has 4 aromatic rings. The number of nitrogens with one attached hydrogen (secondary N) is 1. The minimum Gasteiger partial charge on any atom is -0.260 e. The Morgan fingerprint density at radius 1 is 0.821 bits per heavy atom. The van der Waals surface area contributed by atoms with Gasteiger partial charge in [-0.2, -0.15) is 5.10 Å². The van der Waals surface area contributed by atoms with Gasteiger partial charge in [0.05, 0.1) is 11.2 Å². The lowest BCUT2D eigenvalue weighted by Gasteiger charge is -2.09. The van der Waals surface area contributed by atoms with E-state index in [1.807, 2.05) is 79.7 Å². The fourth-order valence-corrected chi connectivity index (χ4v) is 3.03. The van der Waals surface area contributed by atoms with Crippen LogP contribution >= 0.6 is 23.2 Å². The molecule has 1 heterocycles. The van der Waals surface area contributed by atoms with Crippen molar-refractivity contribution in [1.29, 1.82) is 0 Å². The van der Waals surface area contributed by atoms with Gasteiger partial charge in [0.25, 0.3) is 0 Å². The van der Waals surface area contributed by atoms with Crippen LogP contribution < -0.4 is 5.43 Å². The summed E-state index contributed by atoms with van der Waals surface area (Å²) in [5, 5.41) is 6.77. The Labute approximate surface area is 172 Å². The molecule has 6 heteroatoms. The molecule has 4 rings (SSSR count). The zero-order chi connectivity index (χ0) is 19.5. The first-order chi connectivity index (χ1) is 13.6. The zero-order valence-electron chi connectivity index (χ0n) is 15.0. The third-order valence-corrected chi connectivity index (χ3v) is 4.80. The summed E-state index contributed by atoms with van der Waals surface area (Å²) in [6, 6.07) is 22.8. The SMILES string of the molecule is C/C(=N/Nc1nc(-c2ccc(Cl)cc2)nc2ccccc12)c1ccc(Cl)cc1. The first-order valence-electron chi connectivity index (χ1n) is 8.69. The van der Waals surface area contributed by atoms with Crippen LogP contribution in [0.15, 0.2) is 77.9 Å². The number of hydrogen-bond donors (Lipinski definition) is 1. The Balaban J connectivity index is 1.73. The van der Waals surface area contributed by atoms with Gasteiger partial charge >= 0.3 is 0 Å². The second-order valence-electron chi connectivity index (χ2n) is 6.24. The number of aromatic nitrogens is 2. The molecule has 0 spiro atoms. The van der Waals surface area contributed by atoms with Crippen molar-refractivity contribution in [2.45, 2.75) is 6.92 Å². The monoisotopic (exact) mass is 406 g/mol. The molecule has 138 valence electrons. The van der Waals surface area contributed by atoms with Crippen molar-refractivity contribution in [2.75, 3.05) is 5.43 Å². The van der Waals surface area contributed by atoms with Crippen LogP contribution in [0.3, 0.4) is 0 Å². The first-order valence-corrected chi connectivity index (χ1v) is 9.45. The Morgan fingerprint density at radius 3 is 2.18 bits per heavy atom. The number of halogens is 2. The van der Waals surface area contributed by atoms with Gasteiger partial charge in [-0.3, -0.25) is 5.43 Å². The van der Waals surface area contributed by atoms with E-state index in [1.165, 1.54) is 0 Å². The molecule has 4 nitrogen and oxygen atoms in total. The summed E-state index contributed by atoms with van der Waals surface area (Å²) in [5.41, 5.74) is 6.63. The number of anilines is 1. The number of hydrazone groups is 1. The summed E-state index contributed by atoms with van der Waals surface area (Å²) < 4.78 is 0. The van der Waals surface area contributed by atoms with E-state index in [0.717, 1.165) is 27.7 Å². The van der Waals surface area contributed by atoms with E-state index in [4.69, 9.17) is 23.2 Å². The maximum Gasteiger partial charge on any atom is 0.162 e. The van der Waals surface area contributed by atoms with Gasteiger partial charge in [0.1, 0.15) is 0 Å². The Bertz CT molecular complexity index is 1150. The smallest absolute Gasteiger partial charge is 0.162 e. The minimum atomic E-state index is 0.609. The van der Waals surface area contributed by atoms with Crippen LogP contribution in [0.1, 0.15) is 12.5 Å². The average Bonchev–Trinajstić information content (AvgIpc) is 2.72. The van der Waals surface area contributed by atoms with Gasteiger partial charge < -0.3 is 0 Å². The number of hydrogen-bond acceptors (Lipinski definition) is 4. The number of para-hydroxylation sites is 1. The zero-order valence-corrected chi connectivity index (χ0v) is 16.5. The molecule has 3 aromatic carbocycles. The second kappa shape index (κ2) is 7.97. The predicted octanol–water partition coefficient (Wildman–Crippen LogP) is 6.44. The third kappa shape index (κ3) is 3.98. The second-order valence-corrected chi connectivity index (χ2v) is 7.11. The van der Waals surface area contributed by atoms with E-state index in [-0.39, 0.29) is 0 Å². The first kappa shape index (κ1) is 18.4. The highest BCUT2D eigenvalue weighted by Crippen LogP contribution is 2.26. The minimum absolute atomic E-state index is 0.609. The summed E-state index contributed by atoms with van der Waals surface area (Å²) in [4.78, 5) is 9.36. The normalized spacial score (nSPS) is 11.6. The van der Waals surface area contributed by atoms with Crippen LogP contribution in [0.2, 0.25) is 10.0 Å². The van der Waals surface area contributed by atoms with Crippen LogP contribution in [0.5, 0.6) is 0 Å². The molecule has 0 unspecified atom stereocenters. The van der Waals surface area contributed by atoms with Crippen LogP contribution in [-0.2, 0) is 0 Å². The predicted molar refractivity (Wildman–Crippen MR) is 117 cm³/mol. The maximum atomic E-state index is 6.00. The Hall–Kier alpha value is -2.95. The fraction of sp³-hybridized carbons (Fsp3) is 0.0455. The van der Waals surface area contributed by atoms with E-state index >= 15 is 0 Å². The third-order valence-electron chi connectivity index (χ3n) is 4.30. The van der Waals surface area contributed by atoms with Crippen molar-refractivity contribution >= 4 is 45.6 Å². The number of fused-ring (bicyclic) bond motifs is 1. The highest BCUT2D eigenvalue weighted by atomic mass is 35.5. The summed E-state index contributed by atoms with van der Waals surface area (Å²) >= 11 is 12.0. The molecular weight excluding hydrogens is 391 g/mol. The fourth-order valence-electron chi connectivity index (χ4n) is 2.78. The van der Waals surface area contributed by atoms with Crippen LogP contribution in [0.25, 0.3) is 22.3 Å². The molecule has 0 aliphatic carbocycles. The van der Waals surface area contributed by atoms with E-state index < -0.39 is 0 Å². The van der Waals surface area contributed by atoms with Gasteiger partial charge in [-0.05, 0) is 61.0 Å². The van der Waals surface area contributed by atoms with E-state index in [9.17, 15) is 0 Å². The topological polar surface area (TPSA) is 50.2 Å². The molecule has 1 aromatic heterocycles. The molecule has 0 radical (unpaired) electrons. The summed E-state index contributed by atoms with van der Waals surface area (Å²) in [5.74, 6) is 1.25. The standard InChI is InChI=1S/C22H16Cl2N4/c1-14(15-6-10-17(23)11-7-15)27-28-22-19-4-2-3-5-20(19)25-21(26-22)16-8-12-18(24)13-9-16/h2-13H,1H3,(H,25,26,28)/b27-14-. The van der Waals surface area contributed by atoms with E-state index in [2.05, 4.69) is 20.5 Å². The molecule has 0 atom stereocenters. The van der Waals surface area contributed by atoms with Gasteiger partial charge in [0.15, 0.2) is 11.6 Å². The summed E-state index contributed by atoms with van der Waals surface area (Å²) in [6.07, 6.45) is 0. The Kier molecular flexibility index (Phi) is 5.24. The molecule has 0 saturated carbocycles. The van der Waals surface area contributed by atoms with Crippen molar-refractivity contribution in [3.8, 4) is 11.4 Å². The highest BCUT2D eigenvalue weighted by molar-refractivity contribution is 6.31. The van der Waals surface area contributed by atoms with Crippen LogP contribution in [0.4, 0.5) is 5.82 Å². The summed E-state index contributed by atoms with van der Waals surface area (Å²) in [6.45, 7) is 1.93. The van der Waals surface area contributed by atoms with Crippen molar-refractivity contribution in [1.82, 2.24) is 9.97 Å².